The quantitative estimate of drug-likeness (QED) is 0.822. The number of H-pyrrole nitrogens is 1. The number of nitrogens with two attached hydrogens (primary N) is 1. The van der Waals surface area contributed by atoms with Crippen molar-refractivity contribution in [1.82, 2.24) is 9.97 Å². The maximum absolute atomic E-state index is 11.2. The Hall–Kier alpha value is -1.59. The van der Waals surface area contributed by atoms with Crippen molar-refractivity contribution in [3.05, 3.63) is 51.9 Å². The number of hydrogen-bond donors (Lipinski definition) is 2. The lowest BCUT2D eigenvalue weighted by Crippen LogP contribution is -2.05. The second kappa shape index (κ2) is 5.84. The average Bonchev–Trinajstić information content (AvgIpc) is 2.33. The Kier molecular flexibility index (Phi) is 4.17. The Morgan fingerprint density at radius 1 is 1.39 bits per heavy atom. The van der Waals surface area contributed by atoms with E-state index in [0.717, 1.165) is 16.9 Å². The molecular weight excluding hydrogens is 246 g/mol. The number of nitrogens with zero attached hydrogens (tertiary/aromatic N) is 1. The number of aromatic nitrogens is 2. The first kappa shape index (κ1) is 12.9. The molecule has 0 unspecified atom stereocenters. The first-order chi connectivity index (χ1) is 8.69. The molecule has 0 fully saturated rings. The third kappa shape index (κ3) is 3.21. The van der Waals surface area contributed by atoms with E-state index in [-0.39, 0.29) is 5.56 Å². The van der Waals surface area contributed by atoms with E-state index in [0.29, 0.717) is 11.7 Å². The summed E-state index contributed by atoms with van der Waals surface area (Å²) >= 11 is 1.46. The Labute approximate surface area is 110 Å². The van der Waals surface area contributed by atoms with E-state index in [4.69, 9.17) is 5.73 Å². The molecule has 18 heavy (non-hydrogen) atoms. The second-order valence-corrected chi connectivity index (χ2v) is 5.01. The molecule has 0 spiro atoms. The van der Waals surface area contributed by atoms with E-state index in [1.54, 1.807) is 0 Å². The molecule has 0 saturated heterocycles. The molecule has 0 atom stereocenters. The minimum absolute atomic E-state index is 0.134. The summed E-state index contributed by atoms with van der Waals surface area (Å²) in [6.45, 7) is 2.70. The third-order valence-corrected chi connectivity index (χ3v) is 3.61. The standard InChI is InChI=1S/C13H15N3OS/c1-9-8-10(4-6-14)2-3-11(9)18-13-15-7-5-12(17)16-13/h2-3,5,7-8H,4,6,14H2,1H3,(H,15,16,17). The number of benzene rings is 1. The molecule has 2 aromatic rings. The van der Waals surface area contributed by atoms with Gasteiger partial charge >= 0.3 is 0 Å². The topological polar surface area (TPSA) is 71.8 Å². The fourth-order valence-electron chi connectivity index (χ4n) is 1.66. The summed E-state index contributed by atoms with van der Waals surface area (Å²) in [5.41, 5.74) is 7.79. The third-order valence-electron chi connectivity index (χ3n) is 2.53. The molecule has 5 heteroatoms. The molecule has 1 aromatic carbocycles. The van der Waals surface area contributed by atoms with E-state index in [9.17, 15) is 4.79 Å². The Morgan fingerprint density at radius 3 is 2.89 bits per heavy atom. The number of hydrogen-bond acceptors (Lipinski definition) is 4. The summed E-state index contributed by atoms with van der Waals surface area (Å²) in [6.07, 6.45) is 2.39. The van der Waals surface area contributed by atoms with Gasteiger partial charge in [-0.25, -0.2) is 4.98 Å². The van der Waals surface area contributed by atoms with Crippen LogP contribution in [-0.2, 0) is 6.42 Å². The molecule has 0 amide bonds. The van der Waals surface area contributed by atoms with Crippen LogP contribution in [0.15, 0.2) is 45.3 Å². The highest BCUT2D eigenvalue weighted by atomic mass is 32.2. The van der Waals surface area contributed by atoms with E-state index in [1.165, 1.54) is 29.6 Å². The highest BCUT2D eigenvalue weighted by molar-refractivity contribution is 7.99. The van der Waals surface area contributed by atoms with Crippen molar-refractivity contribution in [2.24, 2.45) is 5.73 Å². The zero-order valence-electron chi connectivity index (χ0n) is 10.1. The van der Waals surface area contributed by atoms with Gasteiger partial charge < -0.3 is 10.7 Å². The van der Waals surface area contributed by atoms with Crippen LogP contribution in [0.1, 0.15) is 11.1 Å². The molecule has 2 rings (SSSR count). The number of aryl methyl sites for hydroxylation is 1. The van der Waals surface area contributed by atoms with Crippen LogP contribution in [0.25, 0.3) is 0 Å². The number of rotatable bonds is 4. The Morgan fingerprint density at radius 2 is 2.22 bits per heavy atom. The molecule has 1 aromatic heterocycles. The van der Waals surface area contributed by atoms with E-state index < -0.39 is 0 Å². The SMILES string of the molecule is Cc1cc(CCN)ccc1Sc1nccc(=O)[nH]1. The van der Waals surface area contributed by atoms with E-state index in [1.807, 2.05) is 13.0 Å². The van der Waals surface area contributed by atoms with Crippen LogP contribution < -0.4 is 11.3 Å². The monoisotopic (exact) mass is 261 g/mol. The fraction of sp³-hybridized carbons (Fsp3) is 0.231. The summed E-state index contributed by atoms with van der Waals surface area (Å²) in [5, 5.41) is 0.608. The highest BCUT2D eigenvalue weighted by Gasteiger charge is 2.04. The summed E-state index contributed by atoms with van der Waals surface area (Å²) < 4.78 is 0. The maximum atomic E-state index is 11.2. The van der Waals surface area contributed by atoms with Crippen molar-refractivity contribution in [1.29, 1.82) is 0 Å². The van der Waals surface area contributed by atoms with Gasteiger partial charge in [-0.1, -0.05) is 23.9 Å². The van der Waals surface area contributed by atoms with Crippen molar-refractivity contribution < 1.29 is 0 Å². The number of nitrogens with one attached hydrogen (secondary N) is 1. The lowest BCUT2D eigenvalue weighted by molar-refractivity contribution is 0.934. The van der Waals surface area contributed by atoms with Crippen molar-refractivity contribution in [2.75, 3.05) is 6.54 Å². The molecule has 0 radical (unpaired) electrons. The zero-order chi connectivity index (χ0) is 13.0. The van der Waals surface area contributed by atoms with Crippen molar-refractivity contribution in [3.8, 4) is 0 Å². The van der Waals surface area contributed by atoms with Gasteiger partial charge in [0.1, 0.15) is 0 Å². The molecule has 94 valence electrons. The molecule has 0 aliphatic rings. The molecule has 1 heterocycles. The summed E-state index contributed by atoms with van der Waals surface area (Å²) in [5.74, 6) is 0. The first-order valence-electron chi connectivity index (χ1n) is 5.72. The number of aromatic amines is 1. The molecule has 4 nitrogen and oxygen atoms in total. The van der Waals surface area contributed by atoms with Gasteiger partial charge in [0, 0.05) is 17.2 Å². The van der Waals surface area contributed by atoms with Crippen LogP contribution in [0, 0.1) is 6.92 Å². The highest BCUT2D eigenvalue weighted by Crippen LogP contribution is 2.27. The predicted octanol–water partition coefficient (Wildman–Crippen LogP) is 1.73. The summed E-state index contributed by atoms with van der Waals surface area (Å²) in [4.78, 5) is 19.1. The first-order valence-corrected chi connectivity index (χ1v) is 6.53. The van der Waals surface area contributed by atoms with Gasteiger partial charge in [-0.15, -0.1) is 0 Å². The Bertz CT molecular complexity index is 595. The molecule has 0 aliphatic heterocycles. The normalized spacial score (nSPS) is 10.6. The summed E-state index contributed by atoms with van der Waals surface area (Å²) in [7, 11) is 0. The average molecular weight is 261 g/mol. The molecule has 3 N–H and O–H groups in total. The van der Waals surface area contributed by atoms with E-state index in [2.05, 4.69) is 22.1 Å². The lowest BCUT2D eigenvalue weighted by atomic mass is 10.1. The van der Waals surface area contributed by atoms with Gasteiger partial charge in [0.25, 0.3) is 5.56 Å². The predicted molar refractivity (Wildman–Crippen MR) is 72.9 cm³/mol. The minimum Gasteiger partial charge on any atom is -0.330 e. The van der Waals surface area contributed by atoms with Crippen LogP contribution in [0.5, 0.6) is 0 Å². The van der Waals surface area contributed by atoms with Gasteiger partial charge in [0.05, 0.1) is 0 Å². The summed E-state index contributed by atoms with van der Waals surface area (Å²) in [6, 6.07) is 7.62. The second-order valence-electron chi connectivity index (χ2n) is 3.98. The smallest absolute Gasteiger partial charge is 0.251 e. The van der Waals surface area contributed by atoms with Gasteiger partial charge in [0.15, 0.2) is 5.16 Å². The van der Waals surface area contributed by atoms with Gasteiger partial charge in [-0.3, -0.25) is 4.79 Å². The van der Waals surface area contributed by atoms with Crippen molar-refractivity contribution in [3.63, 3.8) is 0 Å². The van der Waals surface area contributed by atoms with Crippen molar-refractivity contribution >= 4 is 11.8 Å². The molecule has 0 aliphatic carbocycles. The van der Waals surface area contributed by atoms with Crippen LogP contribution in [0.3, 0.4) is 0 Å². The van der Waals surface area contributed by atoms with Gasteiger partial charge in [0.2, 0.25) is 0 Å². The van der Waals surface area contributed by atoms with Gasteiger partial charge in [-0.05, 0) is 37.1 Å². The van der Waals surface area contributed by atoms with Crippen LogP contribution >= 0.6 is 11.8 Å². The van der Waals surface area contributed by atoms with Crippen LogP contribution in [0.4, 0.5) is 0 Å². The Balaban J connectivity index is 2.22. The minimum atomic E-state index is -0.134. The lowest BCUT2D eigenvalue weighted by Gasteiger charge is -2.07. The fourth-order valence-corrected chi connectivity index (χ4v) is 2.49. The molecular formula is C13H15N3OS. The largest absolute Gasteiger partial charge is 0.330 e. The zero-order valence-corrected chi connectivity index (χ0v) is 11.0. The molecule has 0 saturated carbocycles. The van der Waals surface area contributed by atoms with Crippen LogP contribution in [0.2, 0.25) is 0 Å². The molecule has 0 bridgehead atoms. The van der Waals surface area contributed by atoms with Crippen molar-refractivity contribution in [2.45, 2.75) is 23.4 Å². The maximum Gasteiger partial charge on any atom is 0.251 e. The van der Waals surface area contributed by atoms with Gasteiger partial charge in [-0.2, -0.15) is 0 Å². The van der Waals surface area contributed by atoms with Crippen LogP contribution in [-0.4, -0.2) is 16.5 Å². The van der Waals surface area contributed by atoms with E-state index >= 15 is 0 Å².